The van der Waals surface area contributed by atoms with Crippen molar-refractivity contribution >= 4 is 31.4 Å². The van der Waals surface area contributed by atoms with Gasteiger partial charge in [0.1, 0.15) is 37.0 Å². The Morgan fingerprint density at radius 3 is 2.49 bits per heavy atom. The van der Waals surface area contributed by atoms with Crippen LogP contribution in [0.25, 0.3) is 11.3 Å². The van der Waals surface area contributed by atoms with Crippen LogP contribution in [0.3, 0.4) is 0 Å². The molecule has 9 atom stereocenters. The van der Waals surface area contributed by atoms with E-state index in [0.29, 0.717) is 43.7 Å². The first-order valence-corrected chi connectivity index (χ1v) is 17.4. The molecule has 0 saturated carbocycles. The van der Waals surface area contributed by atoms with E-state index < -0.39 is 64.8 Å². The van der Waals surface area contributed by atoms with E-state index in [0.717, 1.165) is 5.56 Å². The predicted octanol–water partition coefficient (Wildman–Crippen LogP) is 3.99. The van der Waals surface area contributed by atoms with Crippen LogP contribution in [-0.2, 0) is 30.3 Å². The summed E-state index contributed by atoms with van der Waals surface area (Å²) in [7, 11) is 3.37. The van der Waals surface area contributed by atoms with E-state index in [1.54, 1.807) is 30.4 Å². The van der Waals surface area contributed by atoms with Crippen molar-refractivity contribution in [2.45, 2.75) is 122 Å². The van der Waals surface area contributed by atoms with Gasteiger partial charge in [0.25, 0.3) is 0 Å². The van der Waals surface area contributed by atoms with Gasteiger partial charge in [0.2, 0.25) is 0 Å². The van der Waals surface area contributed by atoms with E-state index in [9.17, 15) is 14.4 Å². The first kappa shape index (κ1) is 38.3. The zero-order valence-corrected chi connectivity index (χ0v) is 30.5. The van der Waals surface area contributed by atoms with Gasteiger partial charge in [0.15, 0.2) is 5.60 Å². The molecule has 270 valence electrons. The van der Waals surface area contributed by atoms with Crippen molar-refractivity contribution in [2.75, 3.05) is 25.9 Å². The van der Waals surface area contributed by atoms with Crippen molar-refractivity contribution < 1.29 is 33.0 Å². The van der Waals surface area contributed by atoms with Crippen LogP contribution in [0, 0.1) is 11.8 Å². The number of amides is 1. The maximum Gasteiger partial charge on any atom is 0.410 e. The quantitative estimate of drug-likeness (QED) is 0.137. The van der Waals surface area contributed by atoms with Gasteiger partial charge in [-0.05, 0) is 71.8 Å². The summed E-state index contributed by atoms with van der Waals surface area (Å²) in [4.78, 5) is 42.3. The third-order valence-electron chi connectivity index (χ3n) is 10.9. The molecule has 3 N–H and O–H groups in total. The largest absolute Gasteiger partial charge is 0.458 e. The summed E-state index contributed by atoms with van der Waals surface area (Å²) in [6, 6.07) is 6.38. The van der Waals surface area contributed by atoms with Crippen LogP contribution in [0.15, 0.2) is 30.5 Å². The van der Waals surface area contributed by atoms with Crippen LogP contribution in [0.5, 0.6) is 0 Å². The van der Waals surface area contributed by atoms with Gasteiger partial charge in [0.05, 0.1) is 17.8 Å². The van der Waals surface area contributed by atoms with Crippen LogP contribution in [0.2, 0.25) is 5.82 Å². The molecule has 4 rings (SSSR count). The highest BCUT2D eigenvalue weighted by Gasteiger charge is 2.58. The van der Waals surface area contributed by atoms with E-state index in [1.165, 1.54) is 21.0 Å². The van der Waals surface area contributed by atoms with E-state index in [2.05, 4.69) is 15.6 Å². The number of aryl methyl sites for hydroxylation is 1. The molecule has 2 aliphatic rings. The minimum atomic E-state index is -1.73. The number of unbranched alkanes of at least 4 members (excludes halogenated alkanes) is 1. The zero-order valence-electron chi connectivity index (χ0n) is 30.5. The SMILES string of the molecule is B[C@@H]1[C@@H](C)C(=O)[C@@H](C)C(=O)O[C@H](CC)[C@@]2(C)OC(=O)N(CCCCn3cc(-c4cccc(N)c4)nn3)[C@@H]2[C@@H](C)NCC(C)(F)C[C@@]1(C)OC. The predicted molar refractivity (Wildman–Crippen MR) is 187 cm³/mol. The van der Waals surface area contributed by atoms with Crippen LogP contribution >= 0.6 is 0 Å². The van der Waals surface area contributed by atoms with Crippen LogP contribution in [0.4, 0.5) is 14.9 Å². The van der Waals surface area contributed by atoms with E-state index in [1.807, 2.05) is 52.2 Å². The topological polar surface area (TPSA) is 151 Å². The van der Waals surface area contributed by atoms with Crippen LogP contribution in [-0.4, -0.2) is 101 Å². The van der Waals surface area contributed by atoms with Crippen molar-refractivity contribution in [1.82, 2.24) is 25.2 Å². The second-order valence-corrected chi connectivity index (χ2v) is 14.7. The standard InChI is InChI=1S/C35H54BFN6O6/c1-9-27-35(7)30(43(32(46)49-35)16-11-10-15-42-18-26(40-41-42)24-13-12-14-25(38)17-24)23(4)39-20-33(5,37)19-34(6,47-8)29(36)21(2)28(44)22(3)31(45)48-27/h12-14,17-18,21-23,27,29-30,39H,9-11,15-16,19-20,36,38H2,1-8H3/t21-,22+,23+,27+,29+,30+,33?,34+,35+/m0/s1. The van der Waals surface area contributed by atoms with Gasteiger partial charge in [-0.25, -0.2) is 9.18 Å². The van der Waals surface area contributed by atoms with Crippen LogP contribution in [0.1, 0.15) is 74.1 Å². The Kier molecular flexibility index (Phi) is 11.8. The van der Waals surface area contributed by atoms with E-state index in [4.69, 9.17) is 19.9 Å². The molecule has 2 saturated heterocycles. The van der Waals surface area contributed by atoms with Crippen molar-refractivity contribution in [3.8, 4) is 11.3 Å². The number of fused-ring (bicyclic) bond motifs is 1. The molecule has 1 unspecified atom stereocenters. The fourth-order valence-electron chi connectivity index (χ4n) is 7.61. The first-order valence-electron chi connectivity index (χ1n) is 17.4. The number of aromatic nitrogens is 3. The Morgan fingerprint density at radius 2 is 1.84 bits per heavy atom. The summed E-state index contributed by atoms with van der Waals surface area (Å²) in [5.74, 6) is -3.06. The number of nitrogen functional groups attached to an aromatic ring is 1. The Labute approximate surface area is 290 Å². The highest BCUT2D eigenvalue weighted by molar-refractivity contribution is 6.15. The number of rotatable bonds is 8. The number of benzene rings is 1. The molecule has 3 heterocycles. The number of halogens is 1. The van der Waals surface area contributed by atoms with Crippen molar-refractivity contribution in [1.29, 1.82) is 0 Å². The first-order chi connectivity index (χ1) is 23.0. The average molecular weight is 685 g/mol. The molecule has 12 nitrogen and oxygen atoms in total. The van der Waals surface area contributed by atoms with Gasteiger partial charge in [-0.15, -0.1) is 5.10 Å². The monoisotopic (exact) mass is 684 g/mol. The molecule has 1 aromatic heterocycles. The lowest BCUT2D eigenvalue weighted by Gasteiger charge is -2.42. The van der Waals surface area contributed by atoms with Crippen molar-refractivity contribution in [3.63, 3.8) is 0 Å². The lowest BCUT2D eigenvalue weighted by molar-refractivity contribution is -0.170. The molecule has 0 bridgehead atoms. The Hall–Kier alpha value is -3.52. The molecular formula is C35H54BFN6O6. The highest BCUT2D eigenvalue weighted by atomic mass is 19.1. The van der Waals surface area contributed by atoms with Crippen LogP contribution < -0.4 is 11.1 Å². The number of anilines is 1. The molecular weight excluding hydrogens is 630 g/mol. The number of methoxy groups -OCH3 is 1. The third kappa shape index (κ3) is 8.28. The fraction of sp³-hybridized carbons (Fsp3) is 0.686. The van der Waals surface area contributed by atoms with E-state index >= 15 is 4.39 Å². The second-order valence-electron chi connectivity index (χ2n) is 14.7. The molecule has 49 heavy (non-hydrogen) atoms. The minimum absolute atomic E-state index is 0.00809. The summed E-state index contributed by atoms with van der Waals surface area (Å²) >= 11 is 0. The maximum atomic E-state index is 16.4. The molecule has 1 amide bonds. The number of carbonyl (C=O) groups excluding carboxylic acids is 3. The Morgan fingerprint density at radius 1 is 1.14 bits per heavy atom. The normalized spacial score (nSPS) is 34.9. The minimum Gasteiger partial charge on any atom is -0.458 e. The number of ether oxygens (including phenoxy) is 3. The zero-order chi connectivity index (χ0) is 36.3. The number of nitrogens with one attached hydrogen (secondary N) is 1. The summed E-state index contributed by atoms with van der Waals surface area (Å²) in [5.41, 5.74) is 4.15. The number of nitrogens with two attached hydrogens (primary N) is 1. The molecule has 0 radical (unpaired) electrons. The summed E-state index contributed by atoms with van der Waals surface area (Å²) in [5, 5.41) is 11.9. The number of nitrogens with zero attached hydrogens (tertiary/aromatic N) is 4. The molecule has 2 aromatic rings. The van der Waals surface area contributed by atoms with Gasteiger partial charge in [-0.2, -0.15) is 0 Å². The number of alkyl halides is 1. The molecule has 14 heteroatoms. The Balaban J connectivity index is 1.57. The van der Waals surface area contributed by atoms with Crippen molar-refractivity contribution in [2.24, 2.45) is 11.8 Å². The second kappa shape index (κ2) is 15.2. The summed E-state index contributed by atoms with van der Waals surface area (Å²) in [6.45, 7) is 13.0. The molecule has 2 aliphatic heterocycles. The number of esters is 1. The lowest BCUT2D eigenvalue weighted by Crippen LogP contribution is -2.61. The number of hydrogen-bond acceptors (Lipinski definition) is 10. The number of Topliss-reactive ketones (excluding diaryl/α,β-unsaturated/α-hetero) is 1. The summed E-state index contributed by atoms with van der Waals surface area (Å²) < 4.78 is 36.1. The van der Waals surface area contributed by atoms with E-state index in [-0.39, 0.29) is 18.7 Å². The number of ketones is 1. The molecule has 0 spiro atoms. The molecule has 2 fully saturated rings. The number of hydrogen-bond donors (Lipinski definition) is 2. The average Bonchev–Trinajstić information content (AvgIpc) is 3.64. The van der Waals surface area contributed by atoms with Gasteiger partial charge < -0.3 is 25.3 Å². The smallest absolute Gasteiger partial charge is 0.410 e. The lowest BCUT2D eigenvalue weighted by atomic mass is 9.62. The maximum absolute atomic E-state index is 16.4. The molecule has 1 aromatic carbocycles. The third-order valence-corrected chi connectivity index (χ3v) is 10.9. The Bertz CT molecular complexity index is 1490. The number of cyclic esters (lactones) is 1. The molecule has 0 aliphatic carbocycles. The highest BCUT2D eigenvalue weighted by Crippen LogP contribution is 2.42. The van der Waals surface area contributed by atoms with Gasteiger partial charge in [0, 0.05) is 56.4 Å². The van der Waals surface area contributed by atoms with Crippen molar-refractivity contribution in [3.05, 3.63) is 30.5 Å². The summed E-state index contributed by atoms with van der Waals surface area (Å²) in [6.07, 6.45) is 2.12. The number of carbonyl (C=O) groups is 3. The van der Waals surface area contributed by atoms with Gasteiger partial charge in [-0.1, -0.05) is 31.2 Å². The van der Waals surface area contributed by atoms with Gasteiger partial charge in [-0.3, -0.25) is 19.2 Å². The fourth-order valence-corrected chi connectivity index (χ4v) is 7.61. The van der Waals surface area contributed by atoms with Gasteiger partial charge >= 0.3 is 12.1 Å².